The van der Waals surface area contributed by atoms with Crippen molar-refractivity contribution in [3.8, 4) is 0 Å². The number of halogens is 1. The van der Waals surface area contributed by atoms with Crippen LogP contribution in [0.5, 0.6) is 0 Å². The van der Waals surface area contributed by atoms with E-state index in [1.807, 2.05) is 0 Å². The van der Waals surface area contributed by atoms with E-state index in [9.17, 15) is 9.59 Å². The number of fused-ring (bicyclic) bond motifs is 1. The zero-order chi connectivity index (χ0) is 11.9. The Morgan fingerprint density at radius 2 is 2.31 bits per heavy atom. The summed E-state index contributed by atoms with van der Waals surface area (Å²) in [4.78, 5) is 27.8. The first kappa shape index (κ1) is 10.9. The third kappa shape index (κ3) is 1.63. The number of carboxylic acids is 1. The summed E-state index contributed by atoms with van der Waals surface area (Å²) < 4.78 is 0. The molecule has 0 spiro atoms. The van der Waals surface area contributed by atoms with E-state index >= 15 is 0 Å². The molecule has 1 aliphatic rings. The molecule has 5 nitrogen and oxygen atoms in total. The third-order valence-corrected chi connectivity index (χ3v) is 2.78. The van der Waals surface area contributed by atoms with E-state index in [1.165, 1.54) is 11.8 Å². The second kappa shape index (κ2) is 3.75. The zero-order valence-electron chi connectivity index (χ0n) is 8.48. The summed E-state index contributed by atoms with van der Waals surface area (Å²) in [6.45, 7) is 1.74. The van der Waals surface area contributed by atoms with Gasteiger partial charge in [0.2, 0.25) is 0 Å². The van der Waals surface area contributed by atoms with Crippen molar-refractivity contribution in [2.75, 3.05) is 0 Å². The molecule has 0 bridgehead atoms. The first-order valence-corrected chi connectivity index (χ1v) is 5.07. The van der Waals surface area contributed by atoms with Crippen LogP contribution in [-0.2, 0) is 11.3 Å². The van der Waals surface area contributed by atoms with E-state index in [4.69, 9.17) is 16.7 Å². The van der Waals surface area contributed by atoms with E-state index in [0.717, 1.165) is 0 Å². The molecule has 1 amide bonds. The number of hydrogen-bond acceptors (Lipinski definition) is 3. The summed E-state index contributed by atoms with van der Waals surface area (Å²) in [5, 5.41) is 9.09. The first-order chi connectivity index (χ1) is 7.50. The number of pyridine rings is 1. The maximum Gasteiger partial charge on any atom is 0.326 e. The number of amides is 1. The molecular weight excluding hydrogens is 232 g/mol. The zero-order valence-corrected chi connectivity index (χ0v) is 9.23. The van der Waals surface area contributed by atoms with Gasteiger partial charge in [-0.15, -0.1) is 0 Å². The Hall–Kier alpha value is -1.62. The molecule has 0 saturated carbocycles. The van der Waals surface area contributed by atoms with Crippen LogP contribution in [0.2, 0.25) is 5.15 Å². The van der Waals surface area contributed by atoms with Gasteiger partial charge in [0.25, 0.3) is 5.91 Å². The summed E-state index contributed by atoms with van der Waals surface area (Å²) in [7, 11) is 0. The summed E-state index contributed by atoms with van der Waals surface area (Å²) in [6, 6.07) is 2.42. The minimum absolute atomic E-state index is 0.233. The van der Waals surface area contributed by atoms with Crippen LogP contribution in [0.3, 0.4) is 0 Å². The standard InChI is InChI=1S/C10H9ClN2O3/c1-5(10(15)16)13-4-6-2-3-7(11)12-8(6)9(13)14/h2-3,5H,4H2,1H3,(H,15,16). The molecule has 1 atom stereocenters. The number of carboxylic acid groups (broad SMARTS) is 1. The molecule has 6 heteroatoms. The molecule has 0 aliphatic carbocycles. The lowest BCUT2D eigenvalue weighted by Gasteiger charge is -2.19. The lowest BCUT2D eigenvalue weighted by atomic mass is 10.2. The number of hydrogen-bond donors (Lipinski definition) is 1. The van der Waals surface area contributed by atoms with Crippen molar-refractivity contribution in [2.45, 2.75) is 19.5 Å². The number of carbonyl (C=O) groups excluding carboxylic acids is 1. The molecule has 84 valence electrons. The van der Waals surface area contributed by atoms with E-state index in [1.54, 1.807) is 12.1 Å². The van der Waals surface area contributed by atoms with Gasteiger partial charge in [-0.1, -0.05) is 17.7 Å². The predicted octanol–water partition coefficient (Wildman–Crippen LogP) is 1.16. The highest BCUT2D eigenvalue weighted by molar-refractivity contribution is 6.29. The number of aliphatic carboxylic acids is 1. The molecule has 2 heterocycles. The molecule has 2 rings (SSSR count). The summed E-state index contributed by atoms with van der Waals surface area (Å²) in [5.41, 5.74) is 0.961. The van der Waals surface area contributed by atoms with Crippen LogP contribution < -0.4 is 0 Å². The van der Waals surface area contributed by atoms with Gasteiger partial charge in [0.1, 0.15) is 16.9 Å². The van der Waals surface area contributed by atoms with Crippen LogP contribution in [0.1, 0.15) is 23.0 Å². The lowest BCUT2D eigenvalue weighted by molar-refractivity contribution is -0.141. The molecule has 1 aromatic rings. The van der Waals surface area contributed by atoms with Crippen molar-refractivity contribution in [1.82, 2.24) is 9.88 Å². The Labute approximate surface area is 96.7 Å². The predicted molar refractivity (Wildman–Crippen MR) is 56.2 cm³/mol. The molecule has 0 saturated heterocycles. The normalized spacial score (nSPS) is 16.1. The second-order valence-corrected chi connectivity index (χ2v) is 3.98. The van der Waals surface area contributed by atoms with E-state index in [0.29, 0.717) is 5.56 Å². The first-order valence-electron chi connectivity index (χ1n) is 4.70. The summed E-state index contributed by atoms with van der Waals surface area (Å²) >= 11 is 5.68. The van der Waals surface area contributed by atoms with E-state index in [2.05, 4.69) is 4.98 Å². The van der Waals surface area contributed by atoms with Crippen LogP contribution in [0.15, 0.2) is 12.1 Å². The van der Waals surface area contributed by atoms with Crippen molar-refractivity contribution < 1.29 is 14.7 Å². The van der Waals surface area contributed by atoms with Crippen molar-refractivity contribution in [3.63, 3.8) is 0 Å². The van der Waals surface area contributed by atoms with Crippen molar-refractivity contribution in [3.05, 3.63) is 28.5 Å². The second-order valence-electron chi connectivity index (χ2n) is 3.59. The maximum absolute atomic E-state index is 11.8. The molecule has 0 radical (unpaired) electrons. The maximum atomic E-state index is 11.8. The Morgan fingerprint density at radius 3 is 2.94 bits per heavy atom. The molecule has 1 aliphatic heterocycles. The highest BCUT2D eigenvalue weighted by Gasteiger charge is 2.34. The van der Waals surface area contributed by atoms with Gasteiger partial charge in [0.05, 0.1) is 0 Å². The fourth-order valence-electron chi connectivity index (χ4n) is 1.61. The summed E-state index contributed by atoms with van der Waals surface area (Å²) in [6.07, 6.45) is 0. The van der Waals surface area contributed by atoms with Gasteiger partial charge in [-0.3, -0.25) is 4.79 Å². The number of carbonyl (C=O) groups is 2. The Balaban J connectivity index is 2.34. The van der Waals surface area contributed by atoms with E-state index in [-0.39, 0.29) is 23.3 Å². The Kier molecular flexibility index (Phi) is 2.55. The molecule has 1 unspecified atom stereocenters. The molecule has 1 aromatic heterocycles. The fraction of sp³-hybridized carbons (Fsp3) is 0.300. The molecule has 16 heavy (non-hydrogen) atoms. The van der Waals surface area contributed by atoms with Crippen molar-refractivity contribution in [2.24, 2.45) is 0 Å². The summed E-state index contributed by atoms with van der Waals surface area (Å²) in [5.74, 6) is -1.42. The van der Waals surface area contributed by atoms with Gasteiger partial charge in [0, 0.05) is 12.1 Å². The van der Waals surface area contributed by atoms with Gasteiger partial charge in [-0.05, 0) is 13.0 Å². The van der Waals surface area contributed by atoms with Gasteiger partial charge in [0.15, 0.2) is 0 Å². The van der Waals surface area contributed by atoms with Crippen molar-refractivity contribution >= 4 is 23.5 Å². The molecule has 0 aromatic carbocycles. The van der Waals surface area contributed by atoms with Gasteiger partial charge >= 0.3 is 5.97 Å². The lowest BCUT2D eigenvalue weighted by Crippen LogP contribution is -2.39. The number of nitrogens with zero attached hydrogens (tertiary/aromatic N) is 2. The Bertz CT molecular complexity index is 475. The van der Waals surface area contributed by atoms with Crippen LogP contribution in [0.4, 0.5) is 0 Å². The Morgan fingerprint density at radius 1 is 1.62 bits per heavy atom. The largest absolute Gasteiger partial charge is 0.480 e. The molecule has 0 fully saturated rings. The van der Waals surface area contributed by atoms with E-state index < -0.39 is 12.0 Å². The van der Waals surface area contributed by atoms with Crippen molar-refractivity contribution in [1.29, 1.82) is 0 Å². The average molecular weight is 241 g/mol. The monoisotopic (exact) mass is 240 g/mol. The minimum atomic E-state index is -1.03. The van der Waals surface area contributed by atoms with Crippen LogP contribution in [-0.4, -0.2) is 32.9 Å². The van der Waals surface area contributed by atoms with Crippen LogP contribution >= 0.6 is 11.6 Å². The smallest absolute Gasteiger partial charge is 0.326 e. The van der Waals surface area contributed by atoms with Gasteiger partial charge in [-0.2, -0.15) is 0 Å². The van der Waals surface area contributed by atoms with Gasteiger partial charge < -0.3 is 10.0 Å². The highest BCUT2D eigenvalue weighted by Crippen LogP contribution is 2.24. The third-order valence-electron chi connectivity index (χ3n) is 2.57. The average Bonchev–Trinajstić information content (AvgIpc) is 2.55. The minimum Gasteiger partial charge on any atom is -0.480 e. The van der Waals surface area contributed by atoms with Crippen LogP contribution in [0.25, 0.3) is 0 Å². The van der Waals surface area contributed by atoms with Crippen LogP contribution in [0, 0.1) is 0 Å². The quantitative estimate of drug-likeness (QED) is 0.788. The number of aromatic nitrogens is 1. The SMILES string of the molecule is CC(C(=O)O)N1Cc2ccc(Cl)nc2C1=O. The molecular formula is C10H9ClN2O3. The molecule has 1 N–H and O–H groups in total. The van der Waals surface area contributed by atoms with Gasteiger partial charge in [-0.25, -0.2) is 9.78 Å². The number of rotatable bonds is 2. The topological polar surface area (TPSA) is 70.5 Å². The fourth-order valence-corrected chi connectivity index (χ4v) is 1.76. The highest BCUT2D eigenvalue weighted by atomic mass is 35.5.